The molecule has 2 saturated carbocycles. The van der Waals surface area contributed by atoms with Gasteiger partial charge in [0.1, 0.15) is 5.60 Å². The van der Waals surface area contributed by atoms with Crippen molar-refractivity contribution in [3.05, 3.63) is 0 Å². The second kappa shape index (κ2) is 5.25. The van der Waals surface area contributed by atoms with Crippen LogP contribution in [0.15, 0.2) is 0 Å². The van der Waals surface area contributed by atoms with E-state index in [-0.39, 0.29) is 18.5 Å². The average Bonchev–Trinajstić information content (AvgIpc) is 2.03. The van der Waals surface area contributed by atoms with Crippen LogP contribution in [0.25, 0.3) is 0 Å². The van der Waals surface area contributed by atoms with Crippen molar-refractivity contribution in [1.82, 2.24) is 5.32 Å². The van der Waals surface area contributed by atoms with Gasteiger partial charge in [-0.1, -0.05) is 0 Å². The molecule has 2 fully saturated rings. The molecule has 5 heteroatoms. The highest BCUT2D eigenvalue weighted by Crippen LogP contribution is 2.57. The van der Waals surface area contributed by atoms with Gasteiger partial charge < -0.3 is 15.8 Å². The molecule has 0 unspecified atom stereocenters. The molecule has 0 heterocycles. The Kier molecular flexibility index (Phi) is 4.55. The first-order chi connectivity index (χ1) is 7.78. The first-order valence-corrected chi connectivity index (χ1v) is 6.50. The molecule has 0 saturated heterocycles. The second-order valence-corrected chi connectivity index (χ2v) is 6.83. The number of hydrogen-bond acceptors (Lipinski definition) is 3. The maximum absolute atomic E-state index is 11.4. The summed E-state index contributed by atoms with van der Waals surface area (Å²) in [5.41, 5.74) is 5.94. The van der Waals surface area contributed by atoms with Gasteiger partial charge in [-0.15, -0.1) is 12.4 Å². The summed E-state index contributed by atoms with van der Waals surface area (Å²) in [7, 11) is 0. The van der Waals surface area contributed by atoms with Gasteiger partial charge in [0.05, 0.1) is 0 Å². The normalized spacial score (nSPS) is 34.0. The van der Waals surface area contributed by atoms with E-state index < -0.39 is 5.60 Å². The number of alkyl carbamates (subject to hydrolysis) is 1. The number of hydrogen-bond donors (Lipinski definition) is 2. The van der Waals surface area contributed by atoms with E-state index >= 15 is 0 Å². The molecule has 1 spiro atoms. The zero-order valence-corrected chi connectivity index (χ0v) is 12.3. The highest BCUT2D eigenvalue weighted by molar-refractivity contribution is 5.85. The molecule has 3 N–H and O–H groups in total. The van der Waals surface area contributed by atoms with Crippen molar-refractivity contribution in [2.24, 2.45) is 17.1 Å². The molecule has 0 bridgehead atoms. The lowest BCUT2D eigenvalue weighted by Gasteiger charge is -2.57. The van der Waals surface area contributed by atoms with Crippen molar-refractivity contribution in [3.8, 4) is 0 Å². The fraction of sp³-hybridized carbons (Fsp3) is 0.923. The number of nitrogens with two attached hydrogens (primary N) is 1. The number of carbonyl (C=O) groups is 1. The number of carbonyl (C=O) groups excluding carboxylic acids is 1. The highest BCUT2D eigenvalue weighted by Gasteiger charge is 2.51. The molecular weight excluding hydrogens is 252 g/mol. The number of nitrogens with one attached hydrogen (secondary N) is 1. The molecule has 2 rings (SSSR count). The van der Waals surface area contributed by atoms with Gasteiger partial charge in [-0.05, 0) is 57.8 Å². The fourth-order valence-corrected chi connectivity index (χ4v) is 3.24. The van der Waals surface area contributed by atoms with Crippen molar-refractivity contribution in [3.63, 3.8) is 0 Å². The fourth-order valence-electron chi connectivity index (χ4n) is 3.24. The largest absolute Gasteiger partial charge is 0.444 e. The van der Waals surface area contributed by atoms with E-state index in [1.54, 1.807) is 0 Å². The molecule has 0 aromatic heterocycles. The number of rotatable bonds is 2. The van der Waals surface area contributed by atoms with Gasteiger partial charge >= 0.3 is 6.09 Å². The van der Waals surface area contributed by atoms with Crippen LogP contribution in [0.1, 0.15) is 46.5 Å². The van der Waals surface area contributed by atoms with Crippen molar-refractivity contribution in [1.29, 1.82) is 0 Å². The first kappa shape index (κ1) is 15.6. The smallest absolute Gasteiger partial charge is 0.407 e. The van der Waals surface area contributed by atoms with Crippen LogP contribution in [0, 0.1) is 11.3 Å². The Morgan fingerprint density at radius 3 is 2.33 bits per heavy atom. The van der Waals surface area contributed by atoms with Crippen LogP contribution in [-0.2, 0) is 4.74 Å². The van der Waals surface area contributed by atoms with Crippen LogP contribution in [0.3, 0.4) is 0 Å². The van der Waals surface area contributed by atoms with E-state index in [1.807, 2.05) is 20.8 Å². The Morgan fingerprint density at radius 1 is 1.33 bits per heavy atom. The second-order valence-electron chi connectivity index (χ2n) is 6.83. The minimum Gasteiger partial charge on any atom is -0.444 e. The molecule has 0 aromatic carbocycles. The summed E-state index contributed by atoms with van der Waals surface area (Å²) in [6.45, 7) is 6.37. The molecule has 18 heavy (non-hydrogen) atoms. The van der Waals surface area contributed by atoms with Crippen LogP contribution in [0.5, 0.6) is 0 Å². The van der Waals surface area contributed by atoms with E-state index in [9.17, 15) is 4.79 Å². The van der Waals surface area contributed by atoms with Crippen LogP contribution >= 0.6 is 12.4 Å². The predicted molar refractivity (Wildman–Crippen MR) is 73.9 cm³/mol. The van der Waals surface area contributed by atoms with E-state index in [1.165, 1.54) is 25.7 Å². The van der Waals surface area contributed by atoms with E-state index in [2.05, 4.69) is 5.32 Å². The van der Waals surface area contributed by atoms with Crippen LogP contribution in [0.2, 0.25) is 0 Å². The van der Waals surface area contributed by atoms with Crippen molar-refractivity contribution >= 4 is 18.5 Å². The quantitative estimate of drug-likeness (QED) is 0.814. The molecule has 0 atom stereocenters. The third-order valence-corrected chi connectivity index (χ3v) is 3.77. The van der Waals surface area contributed by atoms with Crippen molar-refractivity contribution in [2.75, 3.05) is 6.54 Å². The Labute approximate surface area is 115 Å². The first-order valence-electron chi connectivity index (χ1n) is 6.50. The lowest BCUT2D eigenvalue weighted by Crippen LogP contribution is -2.55. The molecule has 4 nitrogen and oxygen atoms in total. The summed E-state index contributed by atoms with van der Waals surface area (Å²) in [6, 6.07) is 0.426. The standard InChI is InChI=1S/C13H24N2O2.ClH/c1-12(2,3)17-11(16)15-8-9-4-13(5-9)6-10(14)7-13;/h9-10H,4-8,14H2,1-3H3,(H,15,16);1H. The van der Waals surface area contributed by atoms with Gasteiger partial charge in [-0.3, -0.25) is 0 Å². The topological polar surface area (TPSA) is 64.3 Å². The average molecular weight is 277 g/mol. The molecule has 1 amide bonds. The number of halogens is 1. The van der Waals surface area contributed by atoms with Crippen LogP contribution in [-0.4, -0.2) is 24.3 Å². The molecular formula is C13H25ClN2O2. The molecule has 0 aliphatic heterocycles. The zero-order valence-electron chi connectivity index (χ0n) is 11.5. The molecule has 106 valence electrons. The van der Waals surface area contributed by atoms with Crippen molar-refractivity contribution in [2.45, 2.75) is 58.1 Å². The van der Waals surface area contributed by atoms with Gasteiger partial charge in [-0.25, -0.2) is 4.79 Å². The van der Waals surface area contributed by atoms with E-state index in [0.717, 1.165) is 6.54 Å². The van der Waals surface area contributed by atoms with Gasteiger partial charge in [0.25, 0.3) is 0 Å². The van der Waals surface area contributed by atoms with Gasteiger partial charge in [0.2, 0.25) is 0 Å². The minimum atomic E-state index is -0.411. The maximum atomic E-state index is 11.4. The zero-order chi connectivity index (χ0) is 12.7. The Bertz CT molecular complexity index is 301. The Morgan fingerprint density at radius 2 is 1.89 bits per heavy atom. The van der Waals surface area contributed by atoms with Crippen molar-refractivity contribution < 1.29 is 9.53 Å². The summed E-state index contributed by atoms with van der Waals surface area (Å²) < 4.78 is 5.20. The van der Waals surface area contributed by atoms with Gasteiger partial charge in [0.15, 0.2) is 0 Å². The van der Waals surface area contributed by atoms with Gasteiger partial charge in [0, 0.05) is 12.6 Å². The predicted octanol–water partition coefficient (Wildman–Crippen LogP) is 2.45. The highest BCUT2D eigenvalue weighted by atomic mass is 35.5. The van der Waals surface area contributed by atoms with Crippen LogP contribution < -0.4 is 11.1 Å². The summed E-state index contributed by atoms with van der Waals surface area (Å²) in [5.74, 6) is 0.620. The van der Waals surface area contributed by atoms with Crippen LogP contribution in [0.4, 0.5) is 4.79 Å². The summed E-state index contributed by atoms with van der Waals surface area (Å²) in [5, 5.41) is 2.85. The lowest BCUT2D eigenvalue weighted by molar-refractivity contribution is -0.0388. The molecule has 2 aliphatic rings. The summed E-state index contributed by atoms with van der Waals surface area (Å²) in [4.78, 5) is 11.4. The molecule has 2 aliphatic carbocycles. The molecule has 0 aromatic rings. The summed E-state index contributed by atoms with van der Waals surface area (Å²) >= 11 is 0. The van der Waals surface area contributed by atoms with E-state index in [0.29, 0.717) is 17.4 Å². The van der Waals surface area contributed by atoms with Gasteiger partial charge in [-0.2, -0.15) is 0 Å². The Balaban J connectivity index is 0.00000162. The number of ether oxygens (including phenoxy) is 1. The van der Waals surface area contributed by atoms with E-state index in [4.69, 9.17) is 10.5 Å². The third kappa shape index (κ3) is 3.75. The maximum Gasteiger partial charge on any atom is 0.407 e. The Hall–Kier alpha value is -0.480. The monoisotopic (exact) mass is 276 g/mol. The SMILES string of the molecule is CC(C)(C)OC(=O)NCC1CC2(CC(N)C2)C1.Cl. The third-order valence-electron chi connectivity index (χ3n) is 3.77. The lowest BCUT2D eigenvalue weighted by atomic mass is 9.50. The molecule has 0 radical (unpaired) electrons. The minimum absolute atomic E-state index is 0. The summed E-state index contributed by atoms with van der Waals surface area (Å²) in [6.07, 6.45) is 4.49. The number of amides is 1.